The molecule has 0 bridgehead atoms. The second-order valence-corrected chi connectivity index (χ2v) is 4.96. The van der Waals surface area contributed by atoms with Crippen molar-refractivity contribution in [3.63, 3.8) is 0 Å². The Morgan fingerprint density at radius 2 is 2.00 bits per heavy atom. The number of anilines is 1. The summed E-state index contributed by atoms with van der Waals surface area (Å²) in [5, 5.41) is 3.42. The highest BCUT2D eigenvalue weighted by atomic mass is 35.5. The van der Waals surface area contributed by atoms with Crippen LogP contribution in [0, 0.1) is 5.82 Å². The van der Waals surface area contributed by atoms with Crippen LogP contribution in [0.2, 0.25) is 10.0 Å². The van der Waals surface area contributed by atoms with E-state index in [1.54, 1.807) is 12.1 Å². The van der Waals surface area contributed by atoms with Crippen LogP contribution >= 0.6 is 23.2 Å². The van der Waals surface area contributed by atoms with Crippen molar-refractivity contribution >= 4 is 28.9 Å². The minimum Gasteiger partial charge on any atom is -0.381 e. The molecule has 1 unspecified atom stereocenters. The van der Waals surface area contributed by atoms with E-state index >= 15 is 0 Å². The number of halogens is 3. The Morgan fingerprint density at radius 1 is 1.38 bits per heavy atom. The van der Waals surface area contributed by atoms with Crippen molar-refractivity contribution in [3.8, 4) is 0 Å². The van der Waals surface area contributed by atoms with Crippen molar-refractivity contribution in [1.82, 2.24) is 4.90 Å². The number of nitrogens with one attached hydrogen (secondary N) is 1. The summed E-state index contributed by atoms with van der Waals surface area (Å²) < 4.78 is 13.2. The first-order valence-corrected chi connectivity index (χ1v) is 5.91. The molecule has 1 heterocycles. The van der Waals surface area contributed by atoms with Crippen LogP contribution in [0.15, 0.2) is 12.1 Å². The van der Waals surface area contributed by atoms with Crippen LogP contribution in [0.5, 0.6) is 0 Å². The summed E-state index contributed by atoms with van der Waals surface area (Å²) in [4.78, 5) is 2.24. The molecule has 0 saturated carbocycles. The summed E-state index contributed by atoms with van der Waals surface area (Å²) in [6.45, 7) is 2.05. The fourth-order valence-corrected chi connectivity index (χ4v) is 2.41. The molecule has 1 saturated heterocycles. The molecule has 0 amide bonds. The van der Waals surface area contributed by atoms with Gasteiger partial charge in [0.1, 0.15) is 0 Å². The quantitative estimate of drug-likeness (QED) is 0.824. The van der Waals surface area contributed by atoms with Crippen LogP contribution in [0.4, 0.5) is 10.1 Å². The van der Waals surface area contributed by atoms with E-state index in [1.165, 1.54) is 0 Å². The molecule has 88 valence electrons. The molecule has 1 aromatic rings. The summed E-state index contributed by atoms with van der Waals surface area (Å²) in [5.41, 5.74) is 0.775. The maximum Gasteiger partial charge on any atom is 0.160 e. The van der Waals surface area contributed by atoms with Gasteiger partial charge in [-0.2, -0.15) is 0 Å². The average molecular weight is 263 g/mol. The molecule has 1 atom stereocenters. The predicted molar refractivity (Wildman–Crippen MR) is 65.9 cm³/mol. The van der Waals surface area contributed by atoms with E-state index < -0.39 is 5.82 Å². The monoisotopic (exact) mass is 262 g/mol. The third-order valence-electron chi connectivity index (χ3n) is 2.75. The van der Waals surface area contributed by atoms with Crippen molar-refractivity contribution in [1.29, 1.82) is 0 Å². The van der Waals surface area contributed by atoms with Gasteiger partial charge in [-0.3, -0.25) is 0 Å². The topological polar surface area (TPSA) is 15.3 Å². The summed E-state index contributed by atoms with van der Waals surface area (Å²) >= 11 is 11.4. The standard InChI is InChI=1S/C11H13Cl2FN2/c1-16-3-2-7(6-16)15-8-4-9(12)11(14)10(13)5-8/h4-5,7,15H,2-3,6H2,1H3. The summed E-state index contributed by atoms with van der Waals surface area (Å²) in [6.07, 6.45) is 1.07. The zero-order valence-corrected chi connectivity index (χ0v) is 10.4. The number of benzene rings is 1. The van der Waals surface area contributed by atoms with E-state index in [2.05, 4.69) is 17.3 Å². The normalized spacial score (nSPS) is 21.4. The minimum absolute atomic E-state index is 0.0568. The highest BCUT2D eigenvalue weighted by Gasteiger charge is 2.19. The lowest BCUT2D eigenvalue weighted by Gasteiger charge is -2.15. The van der Waals surface area contributed by atoms with E-state index in [-0.39, 0.29) is 10.0 Å². The van der Waals surface area contributed by atoms with Gasteiger partial charge < -0.3 is 10.2 Å². The second-order valence-electron chi connectivity index (χ2n) is 4.15. The first-order chi connectivity index (χ1) is 7.56. The molecule has 1 fully saturated rings. The average Bonchev–Trinajstić information content (AvgIpc) is 2.60. The van der Waals surface area contributed by atoms with Gasteiger partial charge >= 0.3 is 0 Å². The summed E-state index contributed by atoms with van der Waals surface area (Å²) in [5.74, 6) is -0.558. The minimum atomic E-state index is -0.558. The van der Waals surface area contributed by atoms with Gasteiger partial charge in [0.2, 0.25) is 0 Å². The molecule has 0 spiro atoms. The lowest BCUT2D eigenvalue weighted by atomic mass is 10.2. The van der Waals surface area contributed by atoms with Gasteiger partial charge in [-0.15, -0.1) is 0 Å². The number of likely N-dealkylation sites (tertiary alicyclic amines) is 1. The van der Waals surface area contributed by atoms with Crippen LogP contribution < -0.4 is 5.32 Å². The smallest absolute Gasteiger partial charge is 0.160 e. The maximum absolute atomic E-state index is 13.2. The SMILES string of the molecule is CN1CCC(Nc2cc(Cl)c(F)c(Cl)c2)C1. The number of nitrogens with zero attached hydrogens (tertiary/aromatic N) is 1. The van der Waals surface area contributed by atoms with Gasteiger partial charge in [-0.05, 0) is 32.1 Å². The molecule has 2 nitrogen and oxygen atoms in total. The highest BCUT2D eigenvalue weighted by Crippen LogP contribution is 2.28. The largest absolute Gasteiger partial charge is 0.381 e. The maximum atomic E-state index is 13.2. The van der Waals surface area contributed by atoms with Crippen molar-refractivity contribution in [2.75, 3.05) is 25.5 Å². The zero-order valence-electron chi connectivity index (χ0n) is 8.93. The lowest BCUT2D eigenvalue weighted by molar-refractivity contribution is 0.414. The summed E-state index contributed by atoms with van der Waals surface area (Å²) in [7, 11) is 2.08. The molecule has 1 aliphatic rings. The Bertz CT molecular complexity index is 375. The Kier molecular flexibility index (Phi) is 3.57. The van der Waals surface area contributed by atoms with Gasteiger partial charge in [-0.25, -0.2) is 4.39 Å². The molecular weight excluding hydrogens is 250 g/mol. The molecule has 0 aliphatic carbocycles. The molecule has 1 N–H and O–H groups in total. The fraction of sp³-hybridized carbons (Fsp3) is 0.455. The van der Waals surface area contributed by atoms with Crippen LogP contribution in [-0.4, -0.2) is 31.1 Å². The number of hydrogen-bond acceptors (Lipinski definition) is 2. The van der Waals surface area contributed by atoms with Crippen LogP contribution in [0.3, 0.4) is 0 Å². The van der Waals surface area contributed by atoms with Crippen molar-refractivity contribution in [2.45, 2.75) is 12.5 Å². The van der Waals surface area contributed by atoms with Crippen LogP contribution in [-0.2, 0) is 0 Å². The Hall–Kier alpha value is -0.510. The van der Waals surface area contributed by atoms with Crippen molar-refractivity contribution < 1.29 is 4.39 Å². The first-order valence-electron chi connectivity index (χ1n) is 5.16. The van der Waals surface area contributed by atoms with E-state index in [1.807, 2.05) is 0 Å². The Balaban J connectivity index is 2.10. The highest BCUT2D eigenvalue weighted by molar-refractivity contribution is 6.35. The lowest BCUT2D eigenvalue weighted by Crippen LogP contribution is -2.23. The van der Waals surface area contributed by atoms with E-state index in [0.717, 1.165) is 25.2 Å². The molecule has 0 radical (unpaired) electrons. The van der Waals surface area contributed by atoms with Gasteiger partial charge in [0.15, 0.2) is 5.82 Å². The Morgan fingerprint density at radius 3 is 2.50 bits per heavy atom. The van der Waals surface area contributed by atoms with Crippen molar-refractivity contribution in [3.05, 3.63) is 28.0 Å². The van der Waals surface area contributed by atoms with Crippen molar-refractivity contribution in [2.24, 2.45) is 0 Å². The van der Waals surface area contributed by atoms with Gasteiger partial charge in [0, 0.05) is 18.3 Å². The third-order valence-corrected chi connectivity index (χ3v) is 3.30. The number of likely N-dealkylation sites (N-methyl/N-ethyl adjacent to an activating group) is 1. The van der Waals surface area contributed by atoms with E-state index in [9.17, 15) is 4.39 Å². The fourth-order valence-electron chi connectivity index (χ4n) is 1.93. The predicted octanol–water partition coefficient (Wildman–Crippen LogP) is 3.25. The molecular formula is C11H13Cl2FN2. The number of rotatable bonds is 2. The van der Waals surface area contributed by atoms with Gasteiger partial charge in [-0.1, -0.05) is 23.2 Å². The molecule has 16 heavy (non-hydrogen) atoms. The van der Waals surface area contributed by atoms with Gasteiger partial charge in [0.05, 0.1) is 10.0 Å². The third kappa shape index (κ3) is 2.59. The van der Waals surface area contributed by atoms with Crippen LogP contribution in [0.1, 0.15) is 6.42 Å². The zero-order chi connectivity index (χ0) is 11.7. The van der Waals surface area contributed by atoms with Crippen LogP contribution in [0.25, 0.3) is 0 Å². The van der Waals surface area contributed by atoms with E-state index in [4.69, 9.17) is 23.2 Å². The Labute approximate surface area is 104 Å². The molecule has 1 aliphatic heterocycles. The first kappa shape index (κ1) is 12.0. The van der Waals surface area contributed by atoms with Gasteiger partial charge in [0.25, 0.3) is 0 Å². The molecule has 2 rings (SSSR count). The van der Waals surface area contributed by atoms with E-state index in [0.29, 0.717) is 6.04 Å². The summed E-state index contributed by atoms with van der Waals surface area (Å²) in [6, 6.07) is 3.52. The molecule has 1 aromatic carbocycles. The molecule has 0 aromatic heterocycles. The second kappa shape index (κ2) is 4.78. The number of hydrogen-bond donors (Lipinski definition) is 1. The molecule has 5 heteroatoms.